The lowest BCUT2D eigenvalue weighted by Crippen LogP contribution is -2.29. The first-order valence-corrected chi connectivity index (χ1v) is 8.53. The third-order valence-electron chi connectivity index (χ3n) is 3.68. The minimum Gasteiger partial charge on any atom is -0.497 e. The van der Waals surface area contributed by atoms with Gasteiger partial charge < -0.3 is 20.7 Å². The molecule has 0 radical (unpaired) electrons. The van der Waals surface area contributed by atoms with E-state index in [9.17, 15) is 14.4 Å². The van der Waals surface area contributed by atoms with Crippen LogP contribution in [-0.4, -0.2) is 31.4 Å². The van der Waals surface area contributed by atoms with Gasteiger partial charge in [0.1, 0.15) is 12.2 Å². The van der Waals surface area contributed by atoms with Gasteiger partial charge in [-0.2, -0.15) is 0 Å². The van der Waals surface area contributed by atoms with E-state index in [0.29, 0.717) is 24.3 Å². The standard InChI is InChI=1S/C20H23N3O4/c1-14(24)22-16-6-8-17(9-7-16)23-20(26)13-19(25)21-11-10-15-4-3-5-18(12-15)27-2/h3-9,12H,10-11,13H2,1-2H3,(H,21,25)(H,22,24)(H,23,26). The topological polar surface area (TPSA) is 96.5 Å². The Hall–Kier alpha value is -3.35. The van der Waals surface area contributed by atoms with E-state index < -0.39 is 5.91 Å². The van der Waals surface area contributed by atoms with Crippen LogP contribution >= 0.6 is 0 Å². The summed E-state index contributed by atoms with van der Waals surface area (Å²) in [6.07, 6.45) is 0.390. The molecular formula is C20H23N3O4. The Balaban J connectivity index is 1.73. The number of hydrogen-bond acceptors (Lipinski definition) is 4. The summed E-state index contributed by atoms with van der Waals surface area (Å²) < 4.78 is 5.16. The molecule has 27 heavy (non-hydrogen) atoms. The maximum atomic E-state index is 11.9. The molecule has 0 atom stereocenters. The minimum atomic E-state index is -0.402. The second kappa shape index (κ2) is 9.96. The number of amides is 3. The van der Waals surface area contributed by atoms with Crippen LogP contribution in [-0.2, 0) is 20.8 Å². The summed E-state index contributed by atoms with van der Waals surface area (Å²) in [5, 5.41) is 8.01. The number of benzene rings is 2. The number of rotatable bonds is 8. The molecule has 0 saturated heterocycles. The zero-order valence-corrected chi connectivity index (χ0v) is 15.4. The van der Waals surface area contributed by atoms with Gasteiger partial charge in [0.15, 0.2) is 0 Å². The number of carbonyl (C=O) groups is 3. The molecular weight excluding hydrogens is 346 g/mol. The molecule has 0 aromatic heterocycles. The molecule has 0 unspecified atom stereocenters. The van der Waals surface area contributed by atoms with Gasteiger partial charge in [-0.05, 0) is 48.4 Å². The molecule has 0 saturated carbocycles. The second-order valence-corrected chi connectivity index (χ2v) is 5.93. The van der Waals surface area contributed by atoms with Gasteiger partial charge in [0.25, 0.3) is 0 Å². The van der Waals surface area contributed by atoms with Gasteiger partial charge in [0, 0.05) is 24.8 Å². The number of carbonyl (C=O) groups excluding carboxylic acids is 3. The van der Waals surface area contributed by atoms with Crippen molar-refractivity contribution in [3.05, 3.63) is 54.1 Å². The average Bonchev–Trinajstić information content (AvgIpc) is 2.63. The first-order valence-electron chi connectivity index (χ1n) is 8.53. The number of hydrogen-bond donors (Lipinski definition) is 3. The first-order chi connectivity index (χ1) is 13.0. The molecule has 0 fully saturated rings. The zero-order chi connectivity index (χ0) is 19.6. The quantitative estimate of drug-likeness (QED) is 0.622. The fourth-order valence-electron chi connectivity index (χ4n) is 2.43. The largest absolute Gasteiger partial charge is 0.497 e. The van der Waals surface area contributed by atoms with Crippen molar-refractivity contribution < 1.29 is 19.1 Å². The van der Waals surface area contributed by atoms with E-state index in [-0.39, 0.29) is 18.2 Å². The summed E-state index contributed by atoms with van der Waals surface area (Å²) in [6.45, 7) is 1.85. The highest BCUT2D eigenvalue weighted by Crippen LogP contribution is 2.14. The smallest absolute Gasteiger partial charge is 0.233 e. The number of anilines is 2. The average molecular weight is 369 g/mol. The lowest BCUT2D eigenvalue weighted by molar-refractivity contribution is -0.126. The predicted octanol–water partition coefficient (Wildman–Crippen LogP) is 2.34. The highest BCUT2D eigenvalue weighted by Gasteiger charge is 2.09. The van der Waals surface area contributed by atoms with Gasteiger partial charge in [0.05, 0.1) is 7.11 Å². The van der Waals surface area contributed by atoms with E-state index in [1.54, 1.807) is 31.4 Å². The summed E-state index contributed by atoms with van der Waals surface area (Å²) in [7, 11) is 1.60. The van der Waals surface area contributed by atoms with Crippen LogP contribution in [0.2, 0.25) is 0 Å². The molecule has 3 amide bonds. The van der Waals surface area contributed by atoms with Crippen molar-refractivity contribution >= 4 is 29.1 Å². The van der Waals surface area contributed by atoms with Crippen molar-refractivity contribution in [2.24, 2.45) is 0 Å². The van der Waals surface area contributed by atoms with Crippen LogP contribution in [0.1, 0.15) is 18.9 Å². The van der Waals surface area contributed by atoms with Gasteiger partial charge >= 0.3 is 0 Å². The molecule has 0 bridgehead atoms. The summed E-state index contributed by atoms with van der Waals surface area (Å²) >= 11 is 0. The molecule has 3 N–H and O–H groups in total. The van der Waals surface area contributed by atoms with Crippen LogP contribution in [0.3, 0.4) is 0 Å². The van der Waals surface area contributed by atoms with Crippen LogP contribution in [0.25, 0.3) is 0 Å². The van der Waals surface area contributed by atoms with Crippen LogP contribution < -0.4 is 20.7 Å². The van der Waals surface area contributed by atoms with Crippen LogP contribution in [0.15, 0.2) is 48.5 Å². The Kier molecular flexibility index (Phi) is 7.37. The third kappa shape index (κ3) is 7.19. The summed E-state index contributed by atoms with van der Waals surface area (Å²) in [4.78, 5) is 34.8. The maximum Gasteiger partial charge on any atom is 0.233 e. The van der Waals surface area contributed by atoms with Gasteiger partial charge in [-0.1, -0.05) is 12.1 Å². The van der Waals surface area contributed by atoms with Crippen molar-refractivity contribution in [1.82, 2.24) is 5.32 Å². The van der Waals surface area contributed by atoms with E-state index in [4.69, 9.17) is 4.74 Å². The van der Waals surface area contributed by atoms with Crippen molar-refractivity contribution in [2.45, 2.75) is 19.8 Å². The molecule has 2 rings (SSSR count). The highest BCUT2D eigenvalue weighted by atomic mass is 16.5. The van der Waals surface area contributed by atoms with Crippen LogP contribution in [0.4, 0.5) is 11.4 Å². The molecule has 2 aromatic rings. The van der Waals surface area contributed by atoms with E-state index in [1.807, 2.05) is 24.3 Å². The van der Waals surface area contributed by atoms with Crippen molar-refractivity contribution in [2.75, 3.05) is 24.3 Å². The highest BCUT2D eigenvalue weighted by molar-refractivity contribution is 6.03. The summed E-state index contributed by atoms with van der Waals surface area (Å²) in [6, 6.07) is 14.3. The van der Waals surface area contributed by atoms with Gasteiger partial charge in [-0.15, -0.1) is 0 Å². The Bertz CT molecular complexity index is 803. The Labute approximate surface area is 158 Å². The second-order valence-electron chi connectivity index (χ2n) is 5.93. The number of ether oxygens (including phenoxy) is 1. The first kappa shape index (κ1) is 20.0. The molecule has 2 aromatic carbocycles. The maximum absolute atomic E-state index is 11.9. The molecule has 0 aliphatic heterocycles. The molecule has 0 heterocycles. The fraction of sp³-hybridized carbons (Fsp3) is 0.250. The zero-order valence-electron chi connectivity index (χ0n) is 15.4. The lowest BCUT2D eigenvalue weighted by Gasteiger charge is -2.08. The van der Waals surface area contributed by atoms with E-state index in [2.05, 4.69) is 16.0 Å². The molecule has 0 aliphatic carbocycles. The Morgan fingerprint density at radius 1 is 0.926 bits per heavy atom. The lowest BCUT2D eigenvalue weighted by atomic mass is 10.1. The van der Waals surface area contributed by atoms with Crippen LogP contribution in [0.5, 0.6) is 5.75 Å². The minimum absolute atomic E-state index is 0.169. The monoisotopic (exact) mass is 369 g/mol. The molecule has 0 aliphatic rings. The third-order valence-corrected chi connectivity index (χ3v) is 3.68. The van der Waals surface area contributed by atoms with Crippen LogP contribution in [0, 0.1) is 0 Å². The van der Waals surface area contributed by atoms with E-state index in [1.165, 1.54) is 6.92 Å². The van der Waals surface area contributed by atoms with E-state index >= 15 is 0 Å². The summed E-state index contributed by atoms with van der Waals surface area (Å²) in [5.41, 5.74) is 2.23. The number of nitrogens with one attached hydrogen (secondary N) is 3. The van der Waals surface area contributed by atoms with E-state index in [0.717, 1.165) is 11.3 Å². The normalized spacial score (nSPS) is 10.0. The fourth-order valence-corrected chi connectivity index (χ4v) is 2.43. The molecule has 142 valence electrons. The van der Waals surface area contributed by atoms with Gasteiger partial charge in [-0.25, -0.2) is 0 Å². The van der Waals surface area contributed by atoms with Crippen molar-refractivity contribution in [3.8, 4) is 5.75 Å². The predicted molar refractivity (Wildman–Crippen MR) is 104 cm³/mol. The SMILES string of the molecule is COc1cccc(CCNC(=O)CC(=O)Nc2ccc(NC(C)=O)cc2)c1. The Morgan fingerprint density at radius 3 is 2.22 bits per heavy atom. The molecule has 0 spiro atoms. The molecule has 7 nitrogen and oxygen atoms in total. The van der Waals surface area contributed by atoms with Crippen molar-refractivity contribution in [3.63, 3.8) is 0 Å². The van der Waals surface area contributed by atoms with Gasteiger partial charge in [0.2, 0.25) is 17.7 Å². The number of methoxy groups -OCH3 is 1. The summed E-state index contributed by atoms with van der Waals surface area (Å²) in [5.74, 6) is -0.147. The van der Waals surface area contributed by atoms with Gasteiger partial charge in [-0.3, -0.25) is 14.4 Å². The molecule has 7 heteroatoms. The van der Waals surface area contributed by atoms with Crippen molar-refractivity contribution in [1.29, 1.82) is 0 Å². The Morgan fingerprint density at radius 2 is 1.59 bits per heavy atom.